The Labute approximate surface area is 50.6 Å². The molecule has 0 saturated heterocycles. The van der Waals surface area contributed by atoms with E-state index in [1.165, 1.54) is 0 Å². The maximum Gasteiger partial charge on any atom is 0.247 e. The van der Waals surface area contributed by atoms with Gasteiger partial charge in [-0.1, -0.05) is 0 Å². The predicted octanol–water partition coefficient (Wildman–Crippen LogP) is 0.738. The highest BCUT2D eigenvalue weighted by molar-refractivity contribution is 5.84. The third-order valence-electron chi connectivity index (χ3n) is 1.21. The first kappa shape index (κ1) is 4.43. The molecule has 0 fully saturated rings. The first-order valence-electron chi connectivity index (χ1n) is 2.55. The standard InChI is InChI=1S/C5H5N3O/c6-4-3-1-2-9-5(3)8-7-4/h1-2H,(H3,6,7,8). The predicted molar refractivity (Wildman–Crippen MR) is 32.8 cm³/mol. The molecule has 0 amide bonds. The van der Waals surface area contributed by atoms with Gasteiger partial charge in [0.05, 0.1) is 11.6 Å². The Morgan fingerprint density at radius 3 is 3.33 bits per heavy atom. The van der Waals surface area contributed by atoms with E-state index in [1.54, 1.807) is 12.3 Å². The van der Waals surface area contributed by atoms with Gasteiger partial charge >= 0.3 is 0 Å². The molecule has 9 heavy (non-hydrogen) atoms. The van der Waals surface area contributed by atoms with Crippen LogP contribution in [0.1, 0.15) is 0 Å². The summed E-state index contributed by atoms with van der Waals surface area (Å²) in [6.45, 7) is 0. The average Bonchev–Trinajstić information content (AvgIpc) is 2.35. The number of furan rings is 1. The molecule has 3 N–H and O–H groups in total. The molecule has 0 radical (unpaired) electrons. The Morgan fingerprint density at radius 2 is 2.56 bits per heavy atom. The third-order valence-corrected chi connectivity index (χ3v) is 1.21. The first-order chi connectivity index (χ1) is 4.38. The summed E-state index contributed by atoms with van der Waals surface area (Å²) in [7, 11) is 0. The second kappa shape index (κ2) is 1.28. The summed E-state index contributed by atoms with van der Waals surface area (Å²) in [4.78, 5) is 0. The number of nitrogen functional groups attached to an aromatic ring is 1. The molecule has 0 bridgehead atoms. The van der Waals surface area contributed by atoms with Crippen molar-refractivity contribution in [1.82, 2.24) is 10.2 Å². The third kappa shape index (κ3) is 0.440. The molecule has 4 nitrogen and oxygen atoms in total. The van der Waals surface area contributed by atoms with Crippen LogP contribution < -0.4 is 5.73 Å². The van der Waals surface area contributed by atoms with Gasteiger partial charge in [-0.05, 0) is 6.07 Å². The Hall–Kier alpha value is -1.45. The molecule has 0 atom stereocenters. The smallest absolute Gasteiger partial charge is 0.247 e. The lowest BCUT2D eigenvalue weighted by Gasteiger charge is -1.75. The minimum Gasteiger partial charge on any atom is -0.445 e. The van der Waals surface area contributed by atoms with Crippen LogP contribution in [-0.2, 0) is 0 Å². The molecule has 2 aromatic heterocycles. The van der Waals surface area contributed by atoms with E-state index in [4.69, 9.17) is 10.2 Å². The summed E-state index contributed by atoms with van der Waals surface area (Å²) >= 11 is 0. The summed E-state index contributed by atoms with van der Waals surface area (Å²) in [5.74, 6) is 0.554. The Morgan fingerprint density at radius 1 is 1.67 bits per heavy atom. The fraction of sp³-hybridized carbons (Fsp3) is 0. The van der Waals surface area contributed by atoms with Crippen LogP contribution >= 0.6 is 0 Å². The summed E-state index contributed by atoms with van der Waals surface area (Å²) in [6, 6.07) is 1.77. The van der Waals surface area contributed by atoms with Gasteiger partial charge < -0.3 is 10.2 Å². The molecule has 2 heterocycles. The number of H-pyrrole nitrogens is 1. The molecule has 0 aliphatic rings. The maximum absolute atomic E-state index is 5.44. The van der Waals surface area contributed by atoms with Crippen molar-refractivity contribution in [3.8, 4) is 0 Å². The average molecular weight is 123 g/mol. The van der Waals surface area contributed by atoms with Crippen LogP contribution in [0.4, 0.5) is 5.82 Å². The summed E-state index contributed by atoms with van der Waals surface area (Å²) in [5, 5.41) is 7.19. The fourth-order valence-corrected chi connectivity index (χ4v) is 0.764. The molecule has 0 unspecified atom stereocenters. The minimum absolute atomic E-state index is 0.554. The van der Waals surface area contributed by atoms with Gasteiger partial charge in [-0.25, -0.2) is 0 Å². The van der Waals surface area contributed by atoms with Crippen LogP contribution in [-0.4, -0.2) is 10.2 Å². The van der Waals surface area contributed by atoms with E-state index in [-0.39, 0.29) is 0 Å². The number of hydrogen-bond acceptors (Lipinski definition) is 3. The minimum atomic E-state index is 0.554. The van der Waals surface area contributed by atoms with E-state index in [0.717, 1.165) is 5.39 Å². The van der Waals surface area contributed by atoms with E-state index in [9.17, 15) is 0 Å². The molecule has 46 valence electrons. The molecule has 0 spiro atoms. The second-order valence-corrected chi connectivity index (χ2v) is 1.78. The maximum atomic E-state index is 5.44. The Balaban J connectivity index is 2.99. The normalized spacial score (nSPS) is 10.7. The van der Waals surface area contributed by atoms with Crippen molar-refractivity contribution >= 4 is 16.9 Å². The number of aromatic amines is 1. The van der Waals surface area contributed by atoms with Crippen LogP contribution in [0, 0.1) is 0 Å². The SMILES string of the molecule is Nc1[nH]nc2occc12. The number of aromatic nitrogens is 2. The molecular weight excluding hydrogens is 118 g/mol. The lowest BCUT2D eigenvalue weighted by atomic mass is 10.4. The number of nitrogens with zero attached hydrogens (tertiary/aromatic N) is 1. The van der Waals surface area contributed by atoms with Crippen molar-refractivity contribution in [3.05, 3.63) is 12.3 Å². The highest BCUT2D eigenvalue weighted by Crippen LogP contribution is 2.16. The van der Waals surface area contributed by atoms with E-state index < -0.39 is 0 Å². The summed E-state index contributed by atoms with van der Waals surface area (Å²) < 4.78 is 4.92. The number of anilines is 1. The van der Waals surface area contributed by atoms with Crippen molar-refractivity contribution in [2.45, 2.75) is 0 Å². The zero-order valence-corrected chi connectivity index (χ0v) is 4.59. The van der Waals surface area contributed by atoms with E-state index >= 15 is 0 Å². The molecule has 4 heteroatoms. The van der Waals surface area contributed by atoms with Gasteiger partial charge in [0, 0.05) is 0 Å². The molecule has 2 rings (SSSR count). The zero-order chi connectivity index (χ0) is 6.27. The quantitative estimate of drug-likeness (QED) is 0.542. The van der Waals surface area contributed by atoms with Gasteiger partial charge in [0.15, 0.2) is 0 Å². The molecule has 0 aliphatic carbocycles. The van der Waals surface area contributed by atoms with Crippen LogP contribution in [0.3, 0.4) is 0 Å². The van der Waals surface area contributed by atoms with E-state index in [0.29, 0.717) is 11.5 Å². The number of fused-ring (bicyclic) bond motifs is 1. The highest BCUT2D eigenvalue weighted by Gasteiger charge is 2.01. The van der Waals surface area contributed by atoms with Gasteiger partial charge in [0.2, 0.25) is 5.71 Å². The van der Waals surface area contributed by atoms with Crippen LogP contribution in [0.15, 0.2) is 16.7 Å². The van der Waals surface area contributed by atoms with Gasteiger partial charge in [0.25, 0.3) is 0 Å². The van der Waals surface area contributed by atoms with Crippen LogP contribution in [0.25, 0.3) is 11.1 Å². The molecule has 0 aromatic carbocycles. The Kier molecular flexibility index (Phi) is 0.631. The van der Waals surface area contributed by atoms with Crippen molar-refractivity contribution in [1.29, 1.82) is 0 Å². The molecule has 0 aliphatic heterocycles. The number of hydrogen-bond donors (Lipinski definition) is 2. The largest absolute Gasteiger partial charge is 0.445 e. The van der Waals surface area contributed by atoms with Gasteiger partial charge in [-0.15, -0.1) is 5.10 Å². The Bertz CT molecular complexity index is 321. The van der Waals surface area contributed by atoms with E-state index in [1.807, 2.05) is 0 Å². The number of nitrogens with one attached hydrogen (secondary N) is 1. The number of nitrogens with two attached hydrogens (primary N) is 1. The molecular formula is C5H5N3O. The highest BCUT2D eigenvalue weighted by atomic mass is 16.3. The van der Waals surface area contributed by atoms with Crippen molar-refractivity contribution in [3.63, 3.8) is 0 Å². The monoisotopic (exact) mass is 123 g/mol. The fourth-order valence-electron chi connectivity index (χ4n) is 0.764. The zero-order valence-electron chi connectivity index (χ0n) is 4.59. The lowest BCUT2D eigenvalue weighted by Crippen LogP contribution is -1.82. The number of rotatable bonds is 0. The van der Waals surface area contributed by atoms with Crippen molar-refractivity contribution in [2.75, 3.05) is 5.73 Å². The van der Waals surface area contributed by atoms with Crippen molar-refractivity contribution < 1.29 is 4.42 Å². The summed E-state index contributed by atoms with van der Waals surface area (Å²) in [6.07, 6.45) is 1.56. The van der Waals surface area contributed by atoms with Gasteiger partial charge in [0.1, 0.15) is 5.82 Å². The topological polar surface area (TPSA) is 67.8 Å². The van der Waals surface area contributed by atoms with Crippen LogP contribution in [0.5, 0.6) is 0 Å². The van der Waals surface area contributed by atoms with E-state index in [2.05, 4.69) is 10.2 Å². The summed E-state index contributed by atoms with van der Waals surface area (Å²) in [5.41, 5.74) is 6.01. The molecule has 0 saturated carbocycles. The first-order valence-corrected chi connectivity index (χ1v) is 2.55. The molecule has 2 aromatic rings. The van der Waals surface area contributed by atoms with Crippen LogP contribution in [0.2, 0.25) is 0 Å². The van der Waals surface area contributed by atoms with Crippen molar-refractivity contribution in [2.24, 2.45) is 0 Å². The second-order valence-electron chi connectivity index (χ2n) is 1.78. The van der Waals surface area contributed by atoms with Gasteiger partial charge in [-0.2, -0.15) is 0 Å². The van der Waals surface area contributed by atoms with Gasteiger partial charge in [-0.3, -0.25) is 5.10 Å². The lowest BCUT2D eigenvalue weighted by molar-refractivity contribution is 0.599.